The van der Waals surface area contributed by atoms with E-state index in [-0.39, 0.29) is 17.6 Å². The van der Waals surface area contributed by atoms with E-state index in [1.807, 2.05) is 12.1 Å². The third kappa shape index (κ3) is 4.14. The molecule has 1 fully saturated rings. The molecule has 0 bridgehead atoms. The lowest BCUT2D eigenvalue weighted by Crippen LogP contribution is -2.35. The van der Waals surface area contributed by atoms with Crippen molar-refractivity contribution < 1.29 is 13.3 Å². The van der Waals surface area contributed by atoms with Crippen molar-refractivity contribution in [2.24, 2.45) is 0 Å². The van der Waals surface area contributed by atoms with E-state index in [0.717, 1.165) is 30.8 Å². The fraction of sp³-hybridized carbons (Fsp3) is 0.217. The highest BCUT2D eigenvalue weighted by Gasteiger charge is 2.27. The number of aromatic nitrogens is 4. The molecule has 0 spiro atoms. The van der Waals surface area contributed by atoms with Crippen LogP contribution in [-0.4, -0.2) is 33.4 Å². The van der Waals surface area contributed by atoms with Gasteiger partial charge in [0.2, 0.25) is 11.7 Å². The van der Waals surface area contributed by atoms with Crippen molar-refractivity contribution in [1.82, 2.24) is 20.3 Å². The van der Waals surface area contributed by atoms with Gasteiger partial charge in [0, 0.05) is 24.2 Å². The Labute approximate surface area is 177 Å². The first-order chi connectivity index (χ1) is 15.2. The molecule has 1 unspecified atom stereocenters. The number of hydrogen-bond acceptors (Lipinski definition) is 6. The molecule has 0 aliphatic carbocycles. The average Bonchev–Trinajstić information content (AvgIpc) is 3.31. The van der Waals surface area contributed by atoms with Gasteiger partial charge in [0.1, 0.15) is 11.6 Å². The first-order valence-corrected chi connectivity index (χ1v) is 10.1. The predicted octanol–water partition coefficient (Wildman–Crippen LogP) is 4.86. The highest BCUT2D eigenvalue weighted by molar-refractivity contribution is 5.59. The van der Waals surface area contributed by atoms with E-state index in [0.29, 0.717) is 29.5 Å². The molecule has 2 aromatic heterocycles. The maximum Gasteiger partial charge on any atom is 0.231 e. The van der Waals surface area contributed by atoms with Crippen molar-refractivity contribution in [2.45, 2.75) is 18.8 Å². The smallest absolute Gasteiger partial charge is 0.231 e. The van der Waals surface area contributed by atoms with Crippen LogP contribution >= 0.6 is 0 Å². The first-order valence-electron chi connectivity index (χ1n) is 10.1. The summed E-state index contributed by atoms with van der Waals surface area (Å²) in [5.41, 5.74) is 2.22. The Morgan fingerprint density at radius 2 is 1.55 bits per heavy atom. The monoisotopic (exact) mass is 419 g/mol. The topological polar surface area (TPSA) is 67.9 Å². The number of hydrogen-bond donors (Lipinski definition) is 0. The molecule has 3 heterocycles. The number of piperidine rings is 1. The van der Waals surface area contributed by atoms with E-state index in [1.165, 1.54) is 24.3 Å². The van der Waals surface area contributed by atoms with Gasteiger partial charge in [0.25, 0.3) is 0 Å². The Bertz CT molecular complexity index is 1160. The Balaban J connectivity index is 1.30. The van der Waals surface area contributed by atoms with Crippen LogP contribution in [0.25, 0.3) is 22.6 Å². The summed E-state index contributed by atoms with van der Waals surface area (Å²) in [5.74, 6) is 1.29. The second kappa shape index (κ2) is 8.22. The molecule has 4 aromatic rings. The lowest BCUT2D eigenvalue weighted by molar-refractivity contribution is 0.333. The summed E-state index contributed by atoms with van der Waals surface area (Å²) in [7, 11) is 0. The SMILES string of the molecule is Fc1ccc(-c2ccc(N3CCCC(c4nc(-c5ccc(F)cc5)no4)C3)nn2)cc1. The molecule has 6 nitrogen and oxygen atoms in total. The molecule has 31 heavy (non-hydrogen) atoms. The summed E-state index contributed by atoms with van der Waals surface area (Å²) in [6, 6.07) is 16.0. The van der Waals surface area contributed by atoms with Crippen LogP contribution in [0.15, 0.2) is 65.2 Å². The van der Waals surface area contributed by atoms with Crippen molar-refractivity contribution in [1.29, 1.82) is 0 Å². The van der Waals surface area contributed by atoms with Gasteiger partial charge >= 0.3 is 0 Å². The number of nitrogens with zero attached hydrogens (tertiary/aromatic N) is 5. The van der Waals surface area contributed by atoms with Gasteiger partial charge in [-0.25, -0.2) is 8.78 Å². The molecule has 156 valence electrons. The summed E-state index contributed by atoms with van der Waals surface area (Å²) >= 11 is 0. The van der Waals surface area contributed by atoms with Gasteiger partial charge in [-0.2, -0.15) is 4.98 Å². The highest BCUT2D eigenvalue weighted by atomic mass is 19.1. The largest absolute Gasteiger partial charge is 0.354 e. The predicted molar refractivity (Wildman–Crippen MR) is 111 cm³/mol. The number of benzene rings is 2. The number of anilines is 1. The number of halogens is 2. The molecule has 1 atom stereocenters. The van der Waals surface area contributed by atoms with E-state index in [1.54, 1.807) is 24.3 Å². The van der Waals surface area contributed by atoms with Crippen LogP contribution in [-0.2, 0) is 0 Å². The van der Waals surface area contributed by atoms with E-state index >= 15 is 0 Å². The van der Waals surface area contributed by atoms with Crippen LogP contribution in [0.2, 0.25) is 0 Å². The van der Waals surface area contributed by atoms with Crippen LogP contribution in [0, 0.1) is 11.6 Å². The molecule has 2 aromatic carbocycles. The average molecular weight is 419 g/mol. The van der Waals surface area contributed by atoms with Gasteiger partial charge in [-0.05, 0) is 73.5 Å². The summed E-state index contributed by atoms with van der Waals surface area (Å²) in [6.07, 6.45) is 1.89. The van der Waals surface area contributed by atoms with Crippen LogP contribution in [0.4, 0.5) is 14.6 Å². The summed E-state index contributed by atoms with van der Waals surface area (Å²) < 4.78 is 31.8. The molecule has 1 saturated heterocycles. The third-order valence-electron chi connectivity index (χ3n) is 5.43. The van der Waals surface area contributed by atoms with Gasteiger partial charge in [-0.3, -0.25) is 0 Å². The summed E-state index contributed by atoms with van der Waals surface area (Å²) in [5, 5.41) is 12.7. The van der Waals surface area contributed by atoms with Crippen molar-refractivity contribution in [3.63, 3.8) is 0 Å². The molecule has 5 rings (SSSR count). The summed E-state index contributed by atoms with van der Waals surface area (Å²) in [6.45, 7) is 1.55. The molecular formula is C23H19F2N5O. The van der Waals surface area contributed by atoms with Crippen LogP contribution in [0.3, 0.4) is 0 Å². The van der Waals surface area contributed by atoms with Gasteiger partial charge in [-0.1, -0.05) is 5.16 Å². The Morgan fingerprint density at radius 1 is 0.839 bits per heavy atom. The Hall–Kier alpha value is -3.68. The zero-order valence-corrected chi connectivity index (χ0v) is 16.6. The standard InChI is InChI=1S/C23H19F2N5O/c24-18-7-3-15(4-8-18)20-11-12-21(28-27-20)30-13-1-2-17(14-30)23-26-22(29-31-23)16-5-9-19(25)10-6-16/h3-12,17H,1-2,13-14H2. The maximum absolute atomic E-state index is 13.1. The first kappa shape index (κ1) is 19.3. The quantitative estimate of drug-likeness (QED) is 0.471. The van der Waals surface area contributed by atoms with Gasteiger partial charge < -0.3 is 9.42 Å². The van der Waals surface area contributed by atoms with Gasteiger partial charge in [0.05, 0.1) is 11.6 Å². The van der Waals surface area contributed by atoms with E-state index in [4.69, 9.17) is 4.52 Å². The fourth-order valence-corrected chi connectivity index (χ4v) is 3.77. The molecule has 0 saturated carbocycles. The Morgan fingerprint density at radius 3 is 2.23 bits per heavy atom. The minimum Gasteiger partial charge on any atom is -0.354 e. The molecule has 1 aliphatic rings. The molecule has 0 amide bonds. The molecule has 8 heteroatoms. The lowest BCUT2D eigenvalue weighted by Gasteiger charge is -2.31. The van der Waals surface area contributed by atoms with Crippen molar-refractivity contribution in [3.05, 3.63) is 78.2 Å². The molecular weight excluding hydrogens is 400 g/mol. The molecule has 0 N–H and O–H groups in total. The molecule has 1 aliphatic heterocycles. The van der Waals surface area contributed by atoms with E-state index < -0.39 is 0 Å². The number of rotatable bonds is 4. The van der Waals surface area contributed by atoms with Crippen LogP contribution in [0.1, 0.15) is 24.7 Å². The lowest BCUT2D eigenvalue weighted by atomic mass is 9.98. The van der Waals surface area contributed by atoms with Gasteiger partial charge in [0.15, 0.2) is 5.82 Å². The van der Waals surface area contributed by atoms with E-state index in [2.05, 4.69) is 25.2 Å². The van der Waals surface area contributed by atoms with E-state index in [9.17, 15) is 8.78 Å². The minimum atomic E-state index is -0.304. The third-order valence-corrected chi connectivity index (χ3v) is 5.43. The second-order valence-corrected chi connectivity index (χ2v) is 7.53. The van der Waals surface area contributed by atoms with Crippen LogP contribution in [0.5, 0.6) is 0 Å². The fourth-order valence-electron chi connectivity index (χ4n) is 3.77. The normalized spacial score (nSPS) is 16.5. The van der Waals surface area contributed by atoms with Gasteiger partial charge in [-0.15, -0.1) is 10.2 Å². The Kier molecular flexibility index (Phi) is 5.11. The van der Waals surface area contributed by atoms with Crippen molar-refractivity contribution in [3.8, 4) is 22.6 Å². The van der Waals surface area contributed by atoms with Crippen molar-refractivity contribution >= 4 is 5.82 Å². The maximum atomic E-state index is 13.1. The highest BCUT2D eigenvalue weighted by Crippen LogP contribution is 2.30. The molecule has 0 radical (unpaired) electrons. The zero-order chi connectivity index (χ0) is 21.2. The minimum absolute atomic E-state index is 0.0778. The summed E-state index contributed by atoms with van der Waals surface area (Å²) in [4.78, 5) is 6.68. The zero-order valence-electron chi connectivity index (χ0n) is 16.6. The van der Waals surface area contributed by atoms with Crippen LogP contribution < -0.4 is 4.90 Å². The second-order valence-electron chi connectivity index (χ2n) is 7.53. The van der Waals surface area contributed by atoms with Crippen molar-refractivity contribution in [2.75, 3.05) is 18.0 Å².